The second kappa shape index (κ2) is 9.34. The van der Waals surface area contributed by atoms with Gasteiger partial charge in [0, 0.05) is 17.8 Å². The van der Waals surface area contributed by atoms with Crippen LogP contribution in [0.1, 0.15) is 25.7 Å². The lowest BCUT2D eigenvalue weighted by atomic mass is 10.1. The molecule has 5 heteroatoms. The lowest BCUT2D eigenvalue weighted by Crippen LogP contribution is -2.34. The SMILES string of the molecule is O=C(NCCCN1CCCCC1)Nc1ccc(-c2ccccc2F)cc1. The van der Waals surface area contributed by atoms with Gasteiger partial charge in [-0.05, 0) is 62.7 Å². The summed E-state index contributed by atoms with van der Waals surface area (Å²) in [5, 5.41) is 5.71. The lowest BCUT2D eigenvalue weighted by molar-refractivity contribution is 0.224. The fourth-order valence-electron chi connectivity index (χ4n) is 3.29. The molecule has 2 aromatic carbocycles. The Balaban J connectivity index is 1.42. The Labute approximate surface area is 154 Å². The van der Waals surface area contributed by atoms with Crippen LogP contribution in [0.15, 0.2) is 48.5 Å². The number of hydrogen-bond donors (Lipinski definition) is 2. The summed E-state index contributed by atoms with van der Waals surface area (Å²) in [4.78, 5) is 14.4. The molecule has 1 saturated heterocycles. The third-order valence-corrected chi connectivity index (χ3v) is 4.71. The van der Waals surface area contributed by atoms with Gasteiger partial charge >= 0.3 is 6.03 Å². The predicted molar refractivity (Wildman–Crippen MR) is 104 cm³/mol. The highest BCUT2D eigenvalue weighted by Crippen LogP contribution is 2.23. The Morgan fingerprint density at radius 3 is 2.46 bits per heavy atom. The van der Waals surface area contributed by atoms with Gasteiger partial charge in [0.25, 0.3) is 0 Å². The van der Waals surface area contributed by atoms with Gasteiger partial charge < -0.3 is 15.5 Å². The number of urea groups is 1. The van der Waals surface area contributed by atoms with Gasteiger partial charge in [0.05, 0.1) is 0 Å². The molecule has 0 saturated carbocycles. The van der Waals surface area contributed by atoms with Gasteiger partial charge in [-0.3, -0.25) is 0 Å². The maximum atomic E-state index is 13.8. The fourth-order valence-corrected chi connectivity index (χ4v) is 3.29. The van der Waals surface area contributed by atoms with E-state index in [0.29, 0.717) is 17.8 Å². The van der Waals surface area contributed by atoms with Crippen LogP contribution in [0.2, 0.25) is 0 Å². The average molecular weight is 355 g/mol. The van der Waals surface area contributed by atoms with Crippen LogP contribution in [-0.4, -0.2) is 37.1 Å². The molecule has 0 radical (unpaired) electrons. The van der Waals surface area contributed by atoms with Crippen molar-refractivity contribution in [1.29, 1.82) is 0 Å². The van der Waals surface area contributed by atoms with Crippen molar-refractivity contribution in [3.8, 4) is 11.1 Å². The van der Waals surface area contributed by atoms with Crippen molar-refractivity contribution in [2.45, 2.75) is 25.7 Å². The van der Waals surface area contributed by atoms with Crippen molar-refractivity contribution in [1.82, 2.24) is 10.2 Å². The molecule has 0 atom stereocenters. The van der Waals surface area contributed by atoms with Crippen LogP contribution in [0, 0.1) is 5.82 Å². The minimum atomic E-state index is -0.250. The van der Waals surface area contributed by atoms with E-state index in [4.69, 9.17) is 0 Å². The van der Waals surface area contributed by atoms with Crippen molar-refractivity contribution in [3.05, 3.63) is 54.3 Å². The molecular weight excluding hydrogens is 329 g/mol. The van der Waals surface area contributed by atoms with Gasteiger partial charge in [-0.15, -0.1) is 0 Å². The Morgan fingerprint density at radius 2 is 1.73 bits per heavy atom. The molecule has 2 N–H and O–H groups in total. The van der Waals surface area contributed by atoms with Crippen LogP contribution in [0.3, 0.4) is 0 Å². The summed E-state index contributed by atoms with van der Waals surface area (Å²) in [6.45, 7) is 4.06. The summed E-state index contributed by atoms with van der Waals surface area (Å²) >= 11 is 0. The molecular formula is C21H26FN3O. The third kappa shape index (κ3) is 5.30. The molecule has 0 bridgehead atoms. The number of carbonyl (C=O) groups excluding carboxylic acids is 1. The van der Waals surface area contributed by atoms with E-state index in [1.165, 1.54) is 38.4 Å². The zero-order valence-corrected chi connectivity index (χ0v) is 15.0. The number of hydrogen-bond acceptors (Lipinski definition) is 2. The Hall–Kier alpha value is -2.40. The molecule has 0 unspecified atom stereocenters. The quantitative estimate of drug-likeness (QED) is 0.750. The number of rotatable bonds is 6. The molecule has 26 heavy (non-hydrogen) atoms. The monoisotopic (exact) mass is 355 g/mol. The normalized spacial score (nSPS) is 14.8. The Kier molecular flexibility index (Phi) is 6.61. The first-order chi connectivity index (χ1) is 12.7. The molecule has 2 aromatic rings. The lowest BCUT2D eigenvalue weighted by Gasteiger charge is -2.26. The minimum absolute atomic E-state index is 0.206. The van der Waals surface area contributed by atoms with Crippen LogP contribution in [0.5, 0.6) is 0 Å². The topological polar surface area (TPSA) is 44.4 Å². The van der Waals surface area contributed by atoms with Crippen LogP contribution in [0.4, 0.5) is 14.9 Å². The van der Waals surface area contributed by atoms with Gasteiger partial charge in [0.2, 0.25) is 0 Å². The standard InChI is InChI=1S/C21H26FN3O/c22-20-8-3-2-7-19(20)17-9-11-18(12-10-17)24-21(26)23-13-6-16-25-14-4-1-5-15-25/h2-3,7-12H,1,4-6,13-16H2,(H2,23,24,26). The van der Waals surface area contributed by atoms with E-state index in [0.717, 1.165) is 18.5 Å². The molecule has 1 heterocycles. The molecule has 1 aliphatic rings. The van der Waals surface area contributed by atoms with Crippen LogP contribution < -0.4 is 10.6 Å². The van der Waals surface area contributed by atoms with E-state index in [-0.39, 0.29) is 11.8 Å². The van der Waals surface area contributed by atoms with E-state index >= 15 is 0 Å². The number of benzene rings is 2. The summed E-state index contributed by atoms with van der Waals surface area (Å²) in [5.41, 5.74) is 2.04. The van der Waals surface area contributed by atoms with E-state index in [9.17, 15) is 9.18 Å². The van der Waals surface area contributed by atoms with Crippen LogP contribution in [-0.2, 0) is 0 Å². The Bertz CT molecular complexity index is 711. The second-order valence-corrected chi connectivity index (χ2v) is 6.69. The van der Waals surface area contributed by atoms with Crippen molar-refractivity contribution in [3.63, 3.8) is 0 Å². The number of amides is 2. The molecule has 3 rings (SSSR count). The highest BCUT2D eigenvalue weighted by atomic mass is 19.1. The molecule has 4 nitrogen and oxygen atoms in total. The molecule has 0 aromatic heterocycles. The van der Waals surface area contributed by atoms with E-state index in [1.807, 2.05) is 18.2 Å². The smallest absolute Gasteiger partial charge is 0.319 e. The van der Waals surface area contributed by atoms with Gasteiger partial charge in [0.15, 0.2) is 0 Å². The van der Waals surface area contributed by atoms with Gasteiger partial charge in [-0.1, -0.05) is 36.8 Å². The van der Waals surface area contributed by atoms with Crippen molar-refractivity contribution in [2.75, 3.05) is 31.5 Å². The summed E-state index contributed by atoms with van der Waals surface area (Å²) in [7, 11) is 0. The zero-order chi connectivity index (χ0) is 18.2. The highest BCUT2D eigenvalue weighted by molar-refractivity contribution is 5.89. The predicted octanol–water partition coefficient (Wildman–Crippen LogP) is 4.49. The number of nitrogens with one attached hydrogen (secondary N) is 2. The molecule has 2 amide bonds. The molecule has 0 aliphatic carbocycles. The van der Waals surface area contributed by atoms with Crippen LogP contribution >= 0.6 is 0 Å². The van der Waals surface area contributed by atoms with Crippen molar-refractivity contribution in [2.24, 2.45) is 0 Å². The van der Waals surface area contributed by atoms with Gasteiger partial charge in [-0.25, -0.2) is 9.18 Å². The summed E-state index contributed by atoms with van der Waals surface area (Å²) < 4.78 is 13.8. The molecule has 138 valence electrons. The number of anilines is 1. The van der Waals surface area contributed by atoms with E-state index in [2.05, 4.69) is 15.5 Å². The molecule has 0 spiro atoms. The first-order valence-electron chi connectivity index (χ1n) is 9.34. The van der Waals surface area contributed by atoms with Crippen molar-refractivity contribution < 1.29 is 9.18 Å². The number of likely N-dealkylation sites (tertiary alicyclic amines) is 1. The zero-order valence-electron chi connectivity index (χ0n) is 15.0. The third-order valence-electron chi connectivity index (χ3n) is 4.71. The second-order valence-electron chi connectivity index (χ2n) is 6.69. The maximum absolute atomic E-state index is 13.8. The average Bonchev–Trinajstić information content (AvgIpc) is 2.67. The molecule has 1 aliphatic heterocycles. The first kappa shape index (κ1) is 18.4. The number of carbonyl (C=O) groups is 1. The van der Waals surface area contributed by atoms with Gasteiger partial charge in [0.1, 0.15) is 5.82 Å². The number of halogens is 1. The minimum Gasteiger partial charge on any atom is -0.338 e. The number of nitrogens with zero attached hydrogens (tertiary/aromatic N) is 1. The van der Waals surface area contributed by atoms with Gasteiger partial charge in [-0.2, -0.15) is 0 Å². The maximum Gasteiger partial charge on any atom is 0.319 e. The van der Waals surface area contributed by atoms with E-state index < -0.39 is 0 Å². The van der Waals surface area contributed by atoms with Crippen molar-refractivity contribution >= 4 is 11.7 Å². The fraction of sp³-hybridized carbons (Fsp3) is 0.381. The Morgan fingerprint density at radius 1 is 1.00 bits per heavy atom. The first-order valence-corrected chi connectivity index (χ1v) is 9.34. The largest absolute Gasteiger partial charge is 0.338 e. The highest BCUT2D eigenvalue weighted by Gasteiger charge is 2.09. The van der Waals surface area contributed by atoms with E-state index in [1.54, 1.807) is 24.3 Å². The summed E-state index contributed by atoms with van der Waals surface area (Å²) in [5.74, 6) is -0.250. The summed E-state index contributed by atoms with van der Waals surface area (Å²) in [6.07, 6.45) is 4.88. The van der Waals surface area contributed by atoms with Crippen LogP contribution in [0.25, 0.3) is 11.1 Å². The summed E-state index contributed by atoms with van der Waals surface area (Å²) in [6, 6.07) is 13.7. The molecule has 1 fully saturated rings. The number of piperidine rings is 1.